The summed E-state index contributed by atoms with van der Waals surface area (Å²) in [5, 5.41) is 5.01. The van der Waals surface area contributed by atoms with E-state index in [0.717, 1.165) is 53.5 Å². The van der Waals surface area contributed by atoms with Gasteiger partial charge in [-0.05, 0) is 54.5 Å². The maximum atomic E-state index is 13.9. The Morgan fingerprint density at radius 1 is 1.05 bits per heavy atom. The van der Waals surface area contributed by atoms with Crippen LogP contribution in [-0.4, -0.2) is 48.4 Å². The highest BCUT2D eigenvalue weighted by molar-refractivity contribution is 6.26. The molecule has 1 aliphatic carbocycles. The van der Waals surface area contributed by atoms with Crippen LogP contribution in [0.5, 0.6) is 5.75 Å². The van der Waals surface area contributed by atoms with Crippen LogP contribution in [-0.2, 0) is 16.1 Å². The SMILES string of the molecule is CC[C@H](C(=O)NC1CCCC1)N(Cc1ccc(OC)cc1)C(=O)CN1C(=O)c2cccc3cccc1c23. The monoisotopic (exact) mass is 499 g/mol. The number of ether oxygens (including phenoxy) is 1. The Kier molecular flexibility index (Phi) is 7.12. The van der Waals surface area contributed by atoms with Gasteiger partial charge in [0.05, 0.1) is 12.8 Å². The van der Waals surface area contributed by atoms with Crippen molar-refractivity contribution < 1.29 is 19.1 Å². The van der Waals surface area contributed by atoms with Crippen molar-refractivity contribution in [3.8, 4) is 5.75 Å². The summed E-state index contributed by atoms with van der Waals surface area (Å²) >= 11 is 0. The van der Waals surface area contributed by atoms with Crippen molar-refractivity contribution in [2.24, 2.45) is 0 Å². The summed E-state index contributed by atoms with van der Waals surface area (Å²) in [6.07, 6.45) is 4.64. The number of hydrogen-bond donors (Lipinski definition) is 1. The molecular weight excluding hydrogens is 466 g/mol. The van der Waals surface area contributed by atoms with Crippen molar-refractivity contribution in [2.75, 3.05) is 18.6 Å². The van der Waals surface area contributed by atoms with E-state index in [4.69, 9.17) is 4.74 Å². The minimum absolute atomic E-state index is 0.129. The van der Waals surface area contributed by atoms with Crippen LogP contribution in [0.4, 0.5) is 5.69 Å². The molecule has 1 aliphatic heterocycles. The predicted molar refractivity (Wildman–Crippen MR) is 144 cm³/mol. The van der Waals surface area contributed by atoms with E-state index in [9.17, 15) is 14.4 Å². The summed E-state index contributed by atoms with van der Waals surface area (Å²) < 4.78 is 5.27. The number of benzene rings is 3. The minimum atomic E-state index is -0.633. The second-order valence-electron chi connectivity index (χ2n) is 9.86. The van der Waals surface area contributed by atoms with Gasteiger partial charge in [-0.15, -0.1) is 0 Å². The molecule has 0 unspecified atom stereocenters. The van der Waals surface area contributed by atoms with Crippen molar-refractivity contribution in [3.05, 3.63) is 71.8 Å². The fourth-order valence-corrected chi connectivity index (χ4v) is 5.58. The number of nitrogens with zero attached hydrogens (tertiary/aromatic N) is 2. The quantitative estimate of drug-likeness (QED) is 0.464. The lowest BCUT2D eigenvalue weighted by Crippen LogP contribution is -2.53. The van der Waals surface area contributed by atoms with Crippen LogP contribution in [0, 0.1) is 0 Å². The molecule has 3 amide bonds. The highest BCUT2D eigenvalue weighted by atomic mass is 16.5. The van der Waals surface area contributed by atoms with Gasteiger partial charge in [0.2, 0.25) is 11.8 Å². The first kappa shape index (κ1) is 24.8. The summed E-state index contributed by atoms with van der Waals surface area (Å²) in [6, 6.07) is 18.4. The largest absolute Gasteiger partial charge is 0.497 e. The predicted octanol–water partition coefficient (Wildman–Crippen LogP) is 4.67. The Morgan fingerprint density at radius 2 is 1.76 bits per heavy atom. The van der Waals surface area contributed by atoms with E-state index in [0.29, 0.717) is 12.0 Å². The number of carbonyl (C=O) groups excluding carboxylic acids is 3. The van der Waals surface area contributed by atoms with Gasteiger partial charge in [0.1, 0.15) is 18.3 Å². The molecule has 1 heterocycles. The standard InChI is InChI=1S/C30H33N3O4/c1-3-25(29(35)31-22-10-4-5-11-22)32(18-20-14-16-23(37-2)17-15-20)27(34)19-33-26-13-7-9-21-8-6-12-24(28(21)26)30(33)36/h6-9,12-17,22,25H,3-5,10-11,18-19H2,1-2H3,(H,31,35)/t25-/m1/s1. The van der Waals surface area contributed by atoms with Crippen molar-refractivity contribution in [2.45, 2.75) is 57.7 Å². The van der Waals surface area contributed by atoms with Crippen LogP contribution in [0.25, 0.3) is 10.8 Å². The van der Waals surface area contributed by atoms with Crippen molar-refractivity contribution in [3.63, 3.8) is 0 Å². The minimum Gasteiger partial charge on any atom is -0.497 e. The van der Waals surface area contributed by atoms with Gasteiger partial charge >= 0.3 is 0 Å². The molecule has 0 radical (unpaired) electrons. The second kappa shape index (κ2) is 10.6. The van der Waals surface area contributed by atoms with Crippen LogP contribution in [0.3, 0.4) is 0 Å². The topological polar surface area (TPSA) is 79.0 Å². The number of amides is 3. The van der Waals surface area contributed by atoms with Crippen LogP contribution < -0.4 is 15.0 Å². The lowest BCUT2D eigenvalue weighted by atomic mass is 10.1. The Bertz CT molecular complexity index is 1310. The number of anilines is 1. The van der Waals surface area contributed by atoms with Crippen LogP contribution in [0.15, 0.2) is 60.7 Å². The van der Waals surface area contributed by atoms with Gasteiger partial charge in [0.15, 0.2) is 0 Å². The normalized spacial score (nSPS) is 15.7. The number of methoxy groups -OCH3 is 1. The Labute approximate surface area is 217 Å². The van der Waals surface area contributed by atoms with E-state index in [1.54, 1.807) is 23.0 Å². The number of hydrogen-bond acceptors (Lipinski definition) is 4. The Morgan fingerprint density at radius 3 is 2.43 bits per heavy atom. The van der Waals surface area contributed by atoms with E-state index in [-0.39, 0.29) is 36.9 Å². The van der Waals surface area contributed by atoms with Gasteiger partial charge in [-0.1, -0.05) is 56.2 Å². The smallest absolute Gasteiger partial charge is 0.259 e. The molecule has 5 rings (SSSR count). The van der Waals surface area contributed by atoms with Crippen LogP contribution >= 0.6 is 0 Å². The van der Waals surface area contributed by atoms with Gasteiger partial charge in [0, 0.05) is 23.5 Å². The molecule has 0 saturated heterocycles. The Hall–Kier alpha value is -3.87. The fourth-order valence-electron chi connectivity index (χ4n) is 5.58. The highest BCUT2D eigenvalue weighted by Crippen LogP contribution is 2.37. The molecule has 1 fully saturated rings. The number of rotatable bonds is 9. The molecule has 7 nitrogen and oxygen atoms in total. The van der Waals surface area contributed by atoms with Gasteiger partial charge in [-0.2, -0.15) is 0 Å². The van der Waals surface area contributed by atoms with E-state index in [1.165, 1.54) is 0 Å². The fraction of sp³-hybridized carbons (Fsp3) is 0.367. The molecule has 37 heavy (non-hydrogen) atoms. The first-order valence-electron chi connectivity index (χ1n) is 13.1. The van der Waals surface area contributed by atoms with E-state index in [1.807, 2.05) is 61.5 Å². The van der Waals surface area contributed by atoms with Crippen molar-refractivity contribution >= 4 is 34.2 Å². The van der Waals surface area contributed by atoms with Crippen LogP contribution in [0.2, 0.25) is 0 Å². The number of carbonyl (C=O) groups is 3. The molecule has 1 saturated carbocycles. The third-order valence-electron chi connectivity index (χ3n) is 7.54. The Balaban J connectivity index is 1.42. The summed E-state index contributed by atoms with van der Waals surface area (Å²) in [5.41, 5.74) is 2.23. The molecule has 1 N–H and O–H groups in total. The van der Waals surface area contributed by atoms with Crippen LogP contribution in [0.1, 0.15) is 54.9 Å². The van der Waals surface area contributed by atoms with E-state index in [2.05, 4.69) is 5.32 Å². The highest BCUT2D eigenvalue weighted by Gasteiger charge is 2.35. The third kappa shape index (κ3) is 4.90. The molecule has 2 aliphatic rings. The summed E-state index contributed by atoms with van der Waals surface area (Å²) in [4.78, 5) is 43.8. The molecule has 3 aromatic carbocycles. The summed E-state index contributed by atoms with van der Waals surface area (Å²) in [6.45, 7) is 2.05. The van der Waals surface area contributed by atoms with Crippen molar-refractivity contribution in [1.82, 2.24) is 10.2 Å². The average molecular weight is 500 g/mol. The zero-order chi connectivity index (χ0) is 25.9. The maximum Gasteiger partial charge on any atom is 0.259 e. The first-order chi connectivity index (χ1) is 18.0. The van der Waals surface area contributed by atoms with Gasteiger partial charge < -0.3 is 15.0 Å². The number of nitrogens with one attached hydrogen (secondary N) is 1. The van der Waals surface area contributed by atoms with Gasteiger partial charge in [-0.3, -0.25) is 19.3 Å². The van der Waals surface area contributed by atoms with E-state index >= 15 is 0 Å². The molecule has 7 heteroatoms. The third-order valence-corrected chi connectivity index (χ3v) is 7.54. The van der Waals surface area contributed by atoms with Gasteiger partial charge in [-0.25, -0.2) is 0 Å². The molecule has 0 spiro atoms. The molecular formula is C30H33N3O4. The molecule has 3 aromatic rings. The molecule has 1 atom stereocenters. The summed E-state index contributed by atoms with van der Waals surface area (Å²) in [5.74, 6) is 0.144. The first-order valence-corrected chi connectivity index (χ1v) is 13.1. The molecule has 192 valence electrons. The lowest BCUT2D eigenvalue weighted by Gasteiger charge is -2.33. The zero-order valence-corrected chi connectivity index (χ0v) is 21.4. The summed E-state index contributed by atoms with van der Waals surface area (Å²) in [7, 11) is 1.61. The second-order valence-corrected chi connectivity index (χ2v) is 9.86. The average Bonchev–Trinajstić information content (AvgIpc) is 3.52. The van der Waals surface area contributed by atoms with Crippen molar-refractivity contribution in [1.29, 1.82) is 0 Å². The molecule has 0 bridgehead atoms. The van der Waals surface area contributed by atoms with Gasteiger partial charge in [0.25, 0.3) is 5.91 Å². The molecule has 0 aromatic heterocycles. The lowest BCUT2D eigenvalue weighted by molar-refractivity contribution is -0.140. The maximum absolute atomic E-state index is 13.9. The van der Waals surface area contributed by atoms with E-state index < -0.39 is 6.04 Å². The zero-order valence-electron chi connectivity index (χ0n) is 21.4.